The number of hydrogen-bond acceptors (Lipinski definition) is 4. The third kappa shape index (κ3) is 5.35. The molecule has 28 heavy (non-hydrogen) atoms. The van der Waals surface area contributed by atoms with Gasteiger partial charge in [-0.1, -0.05) is 0 Å². The molecule has 0 saturated carbocycles. The number of benzene rings is 1. The minimum Gasteiger partial charge on any atom is -0.370 e. The van der Waals surface area contributed by atoms with Crippen LogP contribution in [0.3, 0.4) is 0 Å². The predicted octanol–water partition coefficient (Wildman–Crippen LogP) is 1.91. The number of rotatable bonds is 5. The minimum absolute atomic E-state index is 0.0509. The Bertz CT molecular complexity index is 798. The molecular formula is C15H17F6N3O3S. The molecule has 1 heterocycles. The number of nitrogens with zero attached hydrogens (tertiary/aromatic N) is 2. The third-order valence-corrected chi connectivity index (χ3v) is 6.08. The van der Waals surface area contributed by atoms with Gasteiger partial charge in [0.05, 0.1) is 16.0 Å². The fraction of sp³-hybridized carbons (Fsp3) is 0.533. The van der Waals surface area contributed by atoms with Crippen LogP contribution in [-0.2, 0) is 27.2 Å². The summed E-state index contributed by atoms with van der Waals surface area (Å²) < 4.78 is 104. The zero-order valence-corrected chi connectivity index (χ0v) is 15.2. The first-order valence-electron chi connectivity index (χ1n) is 8.01. The highest BCUT2D eigenvalue weighted by Gasteiger charge is 2.39. The Morgan fingerprint density at radius 2 is 1.39 bits per heavy atom. The van der Waals surface area contributed by atoms with Crippen LogP contribution < -0.4 is 5.73 Å². The Hall–Kier alpha value is -1.86. The number of hydrogen-bond donors (Lipinski definition) is 1. The van der Waals surface area contributed by atoms with E-state index < -0.39 is 44.3 Å². The number of carbonyl (C=O) groups is 1. The van der Waals surface area contributed by atoms with Gasteiger partial charge < -0.3 is 10.6 Å². The summed E-state index contributed by atoms with van der Waals surface area (Å²) in [6.45, 7) is 0.331. The molecule has 2 N–H and O–H groups in total. The molecule has 0 aromatic heterocycles. The average Bonchev–Trinajstić information content (AvgIpc) is 2.58. The zero-order chi connectivity index (χ0) is 21.3. The maximum Gasteiger partial charge on any atom is 0.416 e. The van der Waals surface area contributed by atoms with Crippen molar-refractivity contribution in [3.8, 4) is 0 Å². The van der Waals surface area contributed by atoms with Gasteiger partial charge in [-0.15, -0.1) is 0 Å². The maximum absolute atomic E-state index is 12.9. The molecule has 0 bridgehead atoms. The van der Waals surface area contributed by atoms with E-state index in [2.05, 4.69) is 0 Å². The zero-order valence-electron chi connectivity index (χ0n) is 14.3. The number of amides is 1. The summed E-state index contributed by atoms with van der Waals surface area (Å²) in [6, 6.07) is 0.273. The first-order valence-corrected chi connectivity index (χ1v) is 9.45. The van der Waals surface area contributed by atoms with Gasteiger partial charge in [0.15, 0.2) is 0 Å². The molecule has 1 aromatic rings. The highest BCUT2D eigenvalue weighted by molar-refractivity contribution is 7.89. The molecule has 0 aliphatic carbocycles. The molecule has 158 valence electrons. The number of alkyl halides is 6. The van der Waals surface area contributed by atoms with Crippen molar-refractivity contribution in [3.63, 3.8) is 0 Å². The van der Waals surface area contributed by atoms with E-state index in [1.807, 2.05) is 0 Å². The van der Waals surface area contributed by atoms with Gasteiger partial charge in [0.2, 0.25) is 15.9 Å². The Morgan fingerprint density at radius 3 is 1.79 bits per heavy atom. The van der Waals surface area contributed by atoms with Gasteiger partial charge >= 0.3 is 12.4 Å². The van der Waals surface area contributed by atoms with Crippen molar-refractivity contribution >= 4 is 15.9 Å². The van der Waals surface area contributed by atoms with E-state index >= 15 is 0 Å². The van der Waals surface area contributed by atoms with E-state index in [1.165, 1.54) is 0 Å². The summed E-state index contributed by atoms with van der Waals surface area (Å²) in [5.41, 5.74) is 1.64. The molecule has 1 saturated heterocycles. The van der Waals surface area contributed by atoms with Gasteiger partial charge in [0.25, 0.3) is 0 Å². The average molecular weight is 433 g/mol. The van der Waals surface area contributed by atoms with Crippen LogP contribution in [-0.4, -0.2) is 56.3 Å². The molecule has 1 fully saturated rings. The van der Waals surface area contributed by atoms with Crippen molar-refractivity contribution in [1.29, 1.82) is 0 Å². The molecule has 2 rings (SSSR count). The third-order valence-electron chi connectivity index (χ3n) is 4.20. The van der Waals surface area contributed by atoms with Crippen LogP contribution >= 0.6 is 0 Å². The number of primary amides is 1. The molecule has 13 heteroatoms. The van der Waals surface area contributed by atoms with E-state index in [9.17, 15) is 39.6 Å². The van der Waals surface area contributed by atoms with Crippen molar-refractivity contribution in [2.75, 3.05) is 32.7 Å². The number of piperazine rings is 1. The Balaban J connectivity index is 2.29. The number of halogens is 6. The number of nitrogens with two attached hydrogens (primary N) is 1. The van der Waals surface area contributed by atoms with E-state index in [1.54, 1.807) is 4.90 Å². The normalized spacial score (nSPS) is 17.6. The highest BCUT2D eigenvalue weighted by Crippen LogP contribution is 2.37. The fourth-order valence-electron chi connectivity index (χ4n) is 2.69. The second-order valence-electron chi connectivity index (χ2n) is 6.20. The van der Waals surface area contributed by atoms with Gasteiger partial charge in [0, 0.05) is 39.1 Å². The lowest BCUT2D eigenvalue weighted by Gasteiger charge is -2.33. The van der Waals surface area contributed by atoms with Crippen LogP contribution in [0.25, 0.3) is 0 Å². The summed E-state index contributed by atoms with van der Waals surface area (Å²) in [7, 11) is -4.57. The number of sulfonamides is 1. The quantitative estimate of drug-likeness (QED) is 0.720. The highest BCUT2D eigenvalue weighted by atomic mass is 32.2. The summed E-state index contributed by atoms with van der Waals surface area (Å²) in [6.07, 6.45) is -10.2. The minimum atomic E-state index is -5.14. The van der Waals surface area contributed by atoms with Crippen molar-refractivity contribution < 1.29 is 39.6 Å². The second kappa shape index (κ2) is 7.87. The summed E-state index contributed by atoms with van der Waals surface area (Å²) >= 11 is 0. The predicted molar refractivity (Wildman–Crippen MR) is 85.5 cm³/mol. The van der Waals surface area contributed by atoms with Crippen molar-refractivity contribution in [1.82, 2.24) is 9.21 Å². The van der Waals surface area contributed by atoms with E-state index in [0.29, 0.717) is 0 Å². The Kier molecular flexibility index (Phi) is 6.31. The molecule has 0 radical (unpaired) electrons. The first kappa shape index (κ1) is 22.4. The first-order chi connectivity index (χ1) is 12.7. The van der Waals surface area contributed by atoms with Gasteiger partial charge in [-0.05, 0) is 18.2 Å². The summed E-state index contributed by atoms with van der Waals surface area (Å²) in [5, 5.41) is 0. The molecule has 1 aliphatic heterocycles. The topological polar surface area (TPSA) is 83.7 Å². The monoisotopic (exact) mass is 433 g/mol. The van der Waals surface area contributed by atoms with E-state index in [-0.39, 0.29) is 57.3 Å². The smallest absolute Gasteiger partial charge is 0.370 e. The maximum atomic E-state index is 12.9. The van der Waals surface area contributed by atoms with Crippen LogP contribution in [0.5, 0.6) is 0 Å². The molecule has 0 atom stereocenters. The van der Waals surface area contributed by atoms with Crippen LogP contribution in [0.1, 0.15) is 17.5 Å². The standard InChI is InChI=1S/C15H17F6N3O3S/c16-14(17,18)10-7-11(15(19,20)21)9-12(8-10)28(26,27)24-5-3-23(4-6-24)2-1-13(22)25/h7-9H,1-6H2,(H2,22,25). The SMILES string of the molecule is NC(=O)CCN1CCN(S(=O)(=O)c2cc(C(F)(F)F)cc(C(F)(F)F)c2)CC1. The van der Waals surface area contributed by atoms with Gasteiger partial charge in [-0.25, -0.2) is 8.42 Å². The van der Waals surface area contributed by atoms with Gasteiger partial charge in [-0.3, -0.25) is 4.79 Å². The van der Waals surface area contributed by atoms with E-state index in [0.717, 1.165) is 4.31 Å². The number of carbonyl (C=O) groups excluding carboxylic acids is 1. The molecule has 0 spiro atoms. The van der Waals surface area contributed by atoms with Crippen molar-refractivity contribution in [2.24, 2.45) is 5.73 Å². The Morgan fingerprint density at radius 1 is 0.929 bits per heavy atom. The van der Waals surface area contributed by atoms with E-state index in [4.69, 9.17) is 5.73 Å². The lowest BCUT2D eigenvalue weighted by molar-refractivity contribution is -0.143. The molecule has 6 nitrogen and oxygen atoms in total. The summed E-state index contributed by atoms with van der Waals surface area (Å²) in [4.78, 5) is 11.4. The molecule has 0 unspecified atom stereocenters. The van der Waals surface area contributed by atoms with Gasteiger partial charge in [-0.2, -0.15) is 30.6 Å². The molecular weight excluding hydrogens is 416 g/mol. The summed E-state index contributed by atoms with van der Waals surface area (Å²) in [5.74, 6) is -0.543. The van der Waals surface area contributed by atoms with Gasteiger partial charge in [0.1, 0.15) is 0 Å². The molecule has 1 aromatic carbocycles. The van der Waals surface area contributed by atoms with Crippen LogP contribution in [0.15, 0.2) is 23.1 Å². The molecule has 1 aliphatic rings. The largest absolute Gasteiger partial charge is 0.416 e. The van der Waals surface area contributed by atoms with Crippen LogP contribution in [0.4, 0.5) is 26.3 Å². The van der Waals surface area contributed by atoms with Crippen LogP contribution in [0.2, 0.25) is 0 Å². The van der Waals surface area contributed by atoms with Crippen molar-refractivity contribution in [3.05, 3.63) is 29.3 Å². The lowest BCUT2D eigenvalue weighted by atomic mass is 10.1. The van der Waals surface area contributed by atoms with Crippen molar-refractivity contribution in [2.45, 2.75) is 23.7 Å². The fourth-order valence-corrected chi connectivity index (χ4v) is 4.18. The molecule has 1 amide bonds. The van der Waals surface area contributed by atoms with Crippen LogP contribution in [0, 0.1) is 0 Å². The second-order valence-corrected chi connectivity index (χ2v) is 8.14. The Labute approximate surface area is 156 Å². The lowest BCUT2D eigenvalue weighted by Crippen LogP contribution is -2.49.